The van der Waals surface area contributed by atoms with Gasteiger partial charge in [-0.15, -0.1) is 0 Å². The minimum absolute atomic E-state index is 0.208. The summed E-state index contributed by atoms with van der Waals surface area (Å²) < 4.78 is 38.8. The molecule has 0 unspecified atom stereocenters. The van der Waals surface area contributed by atoms with E-state index >= 15 is 0 Å². The molecule has 2 rings (SSSR count). The van der Waals surface area contributed by atoms with Crippen LogP contribution in [0, 0.1) is 0 Å². The maximum absolute atomic E-state index is 12.5. The Labute approximate surface area is 115 Å². The van der Waals surface area contributed by atoms with E-state index < -0.39 is 11.9 Å². The van der Waals surface area contributed by atoms with Gasteiger partial charge in [0.15, 0.2) is 5.69 Å². The molecule has 0 aliphatic carbocycles. The number of nitrogens with zero attached hydrogens (tertiary/aromatic N) is 2. The van der Waals surface area contributed by atoms with Gasteiger partial charge in [0, 0.05) is 24.4 Å². The molecule has 2 aromatic rings. The van der Waals surface area contributed by atoms with E-state index in [0.29, 0.717) is 17.4 Å². The van der Waals surface area contributed by atoms with E-state index in [1.807, 2.05) is 13.8 Å². The van der Waals surface area contributed by atoms with Gasteiger partial charge in [-0.1, -0.05) is 38.1 Å². The first-order valence-electron chi connectivity index (χ1n) is 6.08. The molecule has 20 heavy (non-hydrogen) atoms. The summed E-state index contributed by atoms with van der Waals surface area (Å²) in [6, 6.07) is 6.19. The van der Waals surface area contributed by atoms with Crippen LogP contribution in [-0.4, -0.2) is 15.8 Å². The molecule has 1 aromatic carbocycles. The zero-order chi connectivity index (χ0) is 15.3. The topological polar surface area (TPSA) is 34.9 Å². The summed E-state index contributed by atoms with van der Waals surface area (Å²) in [5.41, 5.74) is 0.0575. The lowest BCUT2D eigenvalue weighted by atomic mass is 10.1. The van der Waals surface area contributed by atoms with Gasteiger partial charge in [0.2, 0.25) is 0 Å². The van der Waals surface area contributed by atoms with Crippen molar-refractivity contribution in [2.24, 2.45) is 7.05 Å². The Bertz CT molecular complexity index is 571. The third kappa shape index (κ3) is 3.46. The van der Waals surface area contributed by atoms with Gasteiger partial charge < -0.3 is 4.57 Å². The third-order valence-corrected chi connectivity index (χ3v) is 2.47. The monoisotopic (exact) mass is 284 g/mol. The lowest BCUT2D eigenvalue weighted by Crippen LogP contribution is -2.04. The molecule has 0 bridgehead atoms. The maximum Gasteiger partial charge on any atom is 0.434 e. The molecule has 0 saturated carbocycles. The average molecular weight is 284 g/mol. The highest BCUT2D eigenvalue weighted by Gasteiger charge is 2.34. The standard InChI is InChI=1S/C12H9F3N2O.C2H6/c1-17-6-10(12(13,14)15)16-11(17)9-4-2-8(7-18)3-5-9;1-2/h2-7H,1H3;1-2H3. The van der Waals surface area contributed by atoms with Gasteiger partial charge in [0.1, 0.15) is 12.1 Å². The zero-order valence-electron chi connectivity index (χ0n) is 11.4. The van der Waals surface area contributed by atoms with Gasteiger partial charge in [-0.25, -0.2) is 4.98 Å². The number of rotatable bonds is 2. The molecule has 1 heterocycles. The van der Waals surface area contributed by atoms with E-state index in [1.54, 1.807) is 12.1 Å². The van der Waals surface area contributed by atoms with Gasteiger partial charge in [0.25, 0.3) is 0 Å². The number of benzene rings is 1. The fourth-order valence-corrected chi connectivity index (χ4v) is 1.58. The van der Waals surface area contributed by atoms with Gasteiger partial charge in [-0.2, -0.15) is 13.2 Å². The molecule has 1 aromatic heterocycles. The number of carbonyl (C=O) groups is 1. The predicted molar refractivity (Wildman–Crippen MR) is 70.4 cm³/mol. The third-order valence-electron chi connectivity index (χ3n) is 2.47. The fraction of sp³-hybridized carbons (Fsp3) is 0.286. The highest BCUT2D eigenvalue weighted by atomic mass is 19.4. The molecule has 108 valence electrons. The second-order valence-corrected chi connectivity index (χ2v) is 3.80. The second kappa shape index (κ2) is 6.36. The molecule has 0 amide bonds. The van der Waals surface area contributed by atoms with E-state index in [2.05, 4.69) is 4.98 Å². The molecular formula is C14H15F3N2O. The summed E-state index contributed by atoms with van der Waals surface area (Å²) in [5.74, 6) is 0.208. The highest BCUT2D eigenvalue weighted by Crippen LogP contribution is 2.30. The molecule has 0 N–H and O–H groups in total. The molecule has 0 fully saturated rings. The van der Waals surface area contributed by atoms with Crippen molar-refractivity contribution in [1.82, 2.24) is 9.55 Å². The Kier molecular flexibility index (Phi) is 5.07. The molecule has 6 heteroatoms. The van der Waals surface area contributed by atoms with Crippen molar-refractivity contribution in [3.05, 3.63) is 41.7 Å². The smallest absolute Gasteiger partial charge is 0.333 e. The zero-order valence-corrected chi connectivity index (χ0v) is 11.4. The van der Waals surface area contributed by atoms with Gasteiger partial charge in [-0.3, -0.25) is 4.79 Å². The number of aldehydes is 1. The first-order chi connectivity index (χ1) is 9.41. The van der Waals surface area contributed by atoms with Crippen LogP contribution in [0.3, 0.4) is 0 Å². The number of imidazole rings is 1. The molecule has 0 radical (unpaired) electrons. The van der Waals surface area contributed by atoms with E-state index in [0.717, 1.165) is 6.20 Å². The number of halogens is 3. The average Bonchev–Trinajstić information content (AvgIpc) is 2.83. The fourth-order valence-electron chi connectivity index (χ4n) is 1.58. The van der Waals surface area contributed by atoms with Crippen LogP contribution < -0.4 is 0 Å². The van der Waals surface area contributed by atoms with Crippen LogP contribution in [0.4, 0.5) is 13.2 Å². The highest BCUT2D eigenvalue weighted by molar-refractivity contribution is 5.76. The lowest BCUT2D eigenvalue weighted by Gasteiger charge is -2.01. The van der Waals surface area contributed by atoms with Crippen molar-refractivity contribution in [3.8, 4) is 11.4 Å². The minimum Gasteiger partial charge on any atom is -0.333 e. The quantitative estimate of drug-likeness (QED) is 0.783. The number of hydrogen-bond donors (Lipinski definition) is 0. The number of aryl methyl sites for hydroxylation is 1. The van der Waals surface area contributed by atoms with Gasteiger partial charge in [-0.05, 0) is 0 Å². The van der Waals surface area contributed by atoms with Crippen molar-refractivity contribution < 1.29 is 18.0 Å². The SMILES string of the molecule is CC.Cn1cc(C(F)(F)F)nc1-c1ccc(C=O)cc1. The molecule has 3 nitrogen and oxygen atoms in total. The predicted octanol–water partition coefficient (Wildman–Crippen LogP) is 3.94. The van der Waals surface area contributed by atoms with Crippen LogP contribution in [0.2, 0.25) is 0 Å². The summed E-state index contributed by atoms with van der Waals surface area (Å²) in [6.07, 6.45) is -2.86. The number of carbonyl (C=O) groups excluding carboxylic acids is 1. The Morgan fingerprint density at radius 1 is 1.15 bits per heavy atom. The summed E-state index contributed by atoms with van der Waals surface area (Å²) in [6.45, 7) is 4.00. The summed E-state index contributed by atoms with van der Waals surface area (Å²) >= 11 is 0. The largest absolute Gasteiger partial charge is 0.434 e. The van der Waals surface area contributed by atoms with E-state index in [-0.39, 0.29) is 5.82 Å². The molecule has 0 saturated heterocycles. The van der Waals surface area contributed by atoms with E-state index in [9.17, 15) is 18.0 Å². The van der Waals surface area contributed by atoms with Crippen molar-refractivity contribution in [2.75, 3.05) is 0 Å². The summed E-state index contributed by atoms with van der Waals surface area (Å²) in [4.78, 5) is 14.0. The normalized spacial score (nSPS) is 10.7. The number of hydrogen-bond acceptors (Lipinski definition) is 2. The first-order valence-corrected chi connectivity index (χ1v) is 6.08. The van der Waals surface area contributed by atoms with Crippen LogP contribution in [0.25, 0.3) is 11.4 Å². The van der Waals surface area contributed by atoms with Crippen molar-refractivity contribution in [1.29, 1.82) is 0 Å². The first kappa shape index (κ1) is 15.9. The summed E-state index contributed by atoms with van der Waals surface area (Å²) in [5, 5.41) is 0. The van der Waals surface area contributed by atoms with Gasteiger partial charge >= 0.3 is 6.18 Å². The minimum atomic E-state index is -4.46. The number of aromatic nitrogens is 2. The van der Waals surface area contributed by atoms with Gasteiger partial charge in [0.05, 0.1) is 0 Å². The van der Waals surface area contributed by atoms with Crippen molar-refractivity contribution in [3.63, 3.8) is 0 Å². The summed E-state index contributed by atoms with van der Waals surface area (Å²) in [7, 11) is 1.49. The molecule has 0 aliphatic rings. The second-order valence-electron chi connectivity index (χ2n) is 3.80. The van der Waals surface area contributed by atoms with Crippen LogP contribution >= 0.6 is 0 Å². The molecule has 0 spiro atoms. The van der Waals surface area contributed by atoms with Crippen LogP contribution in [0.5, 0.6) is 0 Å². The van der Waals surface area contributed by atoms with E-state index in [1.165, 1.54) is 23.7 Å². The Balaban J connectivity index is 0.000000956. The Hall–Kier alpha value is -2.11. The maximum atomic E-state index is 12.5. The lowest BCUT2D eigenvalue weighted by molar-refractivity contribution is -0.140. The van der Waals surface area contributed by atoms with Crippen molar-refractivity contribution in [2.45, 2.75) is 20.0 Å². The molecular weight excluding hydrogens is 269 g/mol. The van der Waals surface area contributed by atoms with E-state index in [4.69, 9.17) is 0 Å². The molecule has 0 atom stereocenters. The Morgan fingerprint density at radius 2 is 1.70 bits per heavy atom. The Morgan fingerprint density at radius 3 is 2.10 bits per heavy atom. The van der Waals surface area contributed by atoms with Crippen molar-refractivity contribution >= 4 is 6.29 Å². The van der Waals surface area contributed by atoms with Crippen LogP contribution in [0.15, 0.2) is 30.5 Å². The van der Waals surface area contributed by atoms with Crippen LogP contribution in [0.1, 0.15) is 29.9 Å². The number of alkyl halides is 3. The molecule has 0 aliphatic heterocycles. The van der Waals surface area contributed by atoms with Crippen LogP contribution in [-0.2, 0) is 13.2 Å².